The summed E-state index contributed by atoms with van der Waals surface area (Å²) in [6.07, 6.45) is 0. The molecule has 0 saturated carbocycles. The highest BCUT2D eigenvalue weighted by atomic mass is 31.2. The van der Waals surface area contributed by atoms with Crippen LogP contribution in [0.1, 0.15) is 20.8 Å². The molecule has 2 nitrogen and oxygen atoms in total. The Labute approximate surface area is 121 Å². The van der Waals surface area contributed by atoms with Gasteiger partial charge in [-0.05, 0) is 24.3 Å². The van der Waals surface area contributed by atoms with Crippen LogP contribution in [-0.2, 0) is 4.57 Å². The van der Waals surface area contributed by atoms with Gasteiger partial charge in [0.25, 0.3) is 0 Å². The molecule has 0 aromatic heterocycles. The first-order chi connectivity index (χ1) is 9.34. The molecule has 20 heavy (non-hydrogen) atoms. The molecular formula is C17H22NOP. The van der Waals surface area contributed by atoms with E-state index in [0.29, 0.717) is 0 Å². The van der Waals surface area contributed by atoms with Crippen LogP contribution in [0.5, 0.6) is 0 Å². The minimum absolute atomic E-state index is 0.293. The minimum Gasteiger partial charge on any atom is -0.300 e. The summed E-state index contributed by atoms with van der Waals surface area (Å²) in [5.41, 5.74) is 1.94. The molecule has 0 N–H and O–H groups in total. The van der Waals surface area contributed by atoms with Gasteiger partial charge in [-0.1, -0.05) is 57.2 Å². The highest BCUT2D eigenvalue weighted by Gasteiger charge is 2.38. The van der Waals surface area contributed by atoms with E-state index in [1.807, 2.05) is 92.8 Å². The Hall–Kier alpha value is -1.53. The van der Waals surface area contributed by atoms with Gasteiger partial charge in [0, 0.05) is 23.2 Å². The van der Waals surface area contributed by atoms with Crippen molar-refractivity contribution in [1.82, 2.24) is 0 Å². The molecule has 1 atom stereocenters. The summed E-state index contributed by atoms with van der Waals surface area (Å²) >= 11 is 0. The minimum atomic E-state index is -2.60. The summed E-state index contributed by atoms with van der Waals surface area (Å²) < 4.78 is 15.5. The highest BCUT2D eigenvalue weighted by molar-refractivity contribution is 7.66. The molecule has 2 aromatic carbocycles. The van der Waals surface area contributed by atoms with Crippen molar-refractivity contribution in [3.8, 4) is 0 Å². The molecular weight excluding hydrogens is 265 g/mol. The molecule has 0 radical (unpaired) electrons. The molecule has 0 amide bonds. The molecule has 0 saturated heterocycles. The van der Waals surface area contributed by atoms with Crippen molar-refractivity contribution in [3.63, 3.8) is 0 Å². The Morgan fingerprint density at radius 3 is 1.45 bits per heavy atom. The summed E-state index contributed by atoms with van der Waals surface area (Å²) in [5.74, 6) is 0. The fourth-order valence-electron chi connectivity index (χ4n) is 2.03. The lowest BCUT2D eigenvalue weighted by atomic mass is 10.2. The van der Waals surface area contributed by atoms with E-state index in [1.165, 1.54) is 0 Å². The van der Waals surface area contributed by atoms with Gasteiger partial charge in [0.2, 0.25) is 0 Å². The van der Waals surface area contributed by atoms with Crippen molar-refractivity contribution < 1.29 is 4.57 Å². The summed E-state index contributed by atoms with van der Waals surface area (Å²) in [7, 11) is -2.60. The average molecular weight is 287 g/mol. The van der Waals surface area contributed by atoms with Crippen LogP contribution in [0.4, 0.5) is 11.4 Å². The second-order valence-corrected chi connectivity index (χ2v) is 9.53. The van der Waals surface area contributed by atoms with Gasteiger partial charge in [-0.25, -0.2) is 0 Å². The largest absolute Gasteiger partial charge is 0.300 e. The summed E-state index contributed by atoms with van der Waals surface area (Å²) in [4.78, 5) is 0. The molecule has 0 heterocycles. The first-order valence-electron chi connectivity index (χ1n) is 6.82. The Morgan fingerprint density at radius 2 is 1.15 bits per heavy atom. The summed E-state index contributed by atoms with van der Waals surface area (Å²) in [6.45, 7) is 7.97. The maximum atomic E-state index is 13.5. The van der Waals surface area contributed by atoms with Gasteiger partial charge in [0.15, 0.2) is 7.29 Å². The van der Waals surface area contributed by atoms with Crippen molar-refractivity contribution in [2.24, 2.45) is 0 Å². The number of rotatable bonds is 3. The average Bonchev–Trinajstić information content (AvgIpc) is 2.40. The quantitative estimate of drug-likeness (QED) is 0.692. The number of hydrogen-bond acceptors (Lipinski definition) is 1. The van der Waals surface area contributed by atoms with Crippen LogP contribution in [-0.4, -0.2) is 11.8 Å². The van der Waals surface area contributed by atoms with Crippen LogP contribution in [0.15, 0.2) is 60.7 Å². The molecule has 0 spiro atoms. The second kappa shape index (κ2) is 5.46. The van der Waals surface area contributed by atoms with Gasteiger partial charge in [-0.3, -0.25) is 9.24 Å². The number of para-hydroxylation sites is 2. The van der Waals surface area contributed by atoms with Gasteiger partial charge < -0.3 is 0 Å². The lowest BCUT2D eigenvalue weighted by Crippen LogP contribution is -2.26. The molecule has 0 aliphatic rings. The van der Waals surface area contributed by atoms with E-state index >= 15 is 0 Å². The van der Waals surface area contributed by atoms with Crippen LogP contribution < -0.4 is 4.67 Å². The Balaban J connectivity index is 2.61. The maximum Gasteiger partial charge on any atom is 0.178 e. The van der Waals surface area contributed by atoms with Gasteiger partial charge in [-0.15, -0.1) is 0 Å². The number of hydrogen-bond donors (Lipinski definition) is 0. The molecule has 2 aromatic rings. The Kier molecular flexibility index (Phi) is 4.06. The zero-order valence-corrected chi connectivity index (χ0v) is 13.5. The van der Waals surface area contributed by atoms with Gasteiger partial charge >= 0.3 is 0 Å². The van der Waals surface area contributed by atoms with E-state index in [0.717, 1.165) is 11.4 Å². The van der Waals surface area contributed by atoms with E-state index in [1.54, 1.807) is 0 Å². The Morgan fingerprint density at radius 1 is 0.800 bits per heavy atom. The standard InChI is InChI=1S/C17H22NOP/c1-17(2,3)20(4,19)18(15-11-7-5-8-12-15)16-13-9-6-10-14-16/h5-14H,1-4H3. The van der Waals surface area contributed by atoms with E-state index in [9.17, 15) is 4.57 Å². The van der Waals surface area contributed by atoms with Crippen LogP contribution in [0.2, 0.25) is 0 Å². The van der Waals surface area contributed by atoms with Gasteiger partial charge in [0.1, 0.15) is 0 Å². The van der Waals surface area contributed by atoms with Crippen molar-refractivity contribution in [2.45, 2.75) is 25.9 Å². The summed E-state index contributed by atoms with van der Waals surface area (Å²) in [6, 6.07) is 19.9. The third kappa shape index (κ3) is 2.81. The predicted octanol–water partition coefficient (Wildman–Crippen LogP) is 5.53. The topological polar surface area (TPSA) is 20.3 Å². The molecule has 0 fully saturated rings. The zero-order valence-electron chi connectivity index (χ0n) is 12.6. The maximum absolute atomic E-state index is 13.5. The molecule has 1 unspecified atom stereocenters. The van der Waals surface area contributed by atoms with Crippen LogP contribution >= 0.6 is 7.29 Å². The zero-order chi connectivity index (χ0) is 14.8. The molecule has 106 valence electrons. The summed E-state index contributed by atoms with van der Waals surface area (Å²) in [5, 5.41) is -0.293. The van der Waals surface area contributed by atoms with E-state index < -0.39 is 7.29 Å². The van der Waals surface area contributed by atoms with Crippen molar-refractivity contribution in [3.05, 3.63) is 60.7 Å². The predicted molar refractivity (Wildman–Crippen MR) is 88.3 cm³/mol. The monoisotopic (exact) mass is 287 g/mol. The molecule has 3 heteroatoms. The highest BCUT2D eigenvalue weighted by Crippen LogP contribution is 2.61. The van der Waals surface area contributed by atoms with Crippen LogP contribution in [0, 0.1) is 0 Å². The number of anilines is 2. The van der Waals surface area contributed by atoms with Gasteiger partial charge in [-0.2, -0.15) is 0 Å². The SMILES string of the molecule is CC(C)(C)P(C)(=O)N(c1ccccc1)c1ccccc1. The smallest absolute Gasteiger partial charge is 0.178 e. The molecule has 0 aliphatic carbocycles. The molecule has 2 rings (SSSR count). The fraction of sp³-hybridized carbons (Fsp3) is 0.294. The van der Waals surface area contributed by atoms with Crippen LogP contribution in [0.25, 0.3) is 0 Å². The van der Waals surface area contributed by atoms with E-state index in [-0.39, 0.29) is 5.16 Å². The molecule has 0 aliphatic heterocycles. The number of benzene rings is 2. The third-order valence-electron chi connectivity index (χ3n) is 3.63. The lowest BCUT2D eigenvalue weighted by molar-refractivity contribution is 0.553. The lowest BCUT2D eigenvalue weighted by Gasteiger charge is -2.39. The first-order valence-corrected chi connectivity index (χ1v) is 8.93. The van der Waals surface area contributed by atoms with Gasteiger partial charge in [0.05, 0.1) is 0 Å². The molecule has 0 bridgehead atoms. The normalized spacial score (nSPS) is 14.6. The Bertz CT molecular complexity index is 562. The van der Waals surface area contributed by atoms with Crippen molar-refractivity contribution in [2.75, 3.05) is 11.3 Å². The van der Waals surface area contributed by atoms with E-state index in [2.05, 4.69) is 0 Å². The van der Waals surface area contributed by atoms with Crippen molar-refractivity contribution in [1.29, 1.82) is 0 Å². The third-order valence-corrected chi connectivity index (χ3v) is 7.34. The van der Waals surface area contributed by atoms with E-state index in [4.69, 9.17) is 0 Å². The first kappa shape index (κ1) is 14.9. The van der Waals surface area contributed by atoms with Crippen LogP contribution in [0.3, 0.4) is 0 Å². The van der Waals surface area contributed by atoms with Crippen molar-refractivity contribution >= 4 is 18.7 Å². The number of nitrogens with zero attached hydrogens (tertiary/aromatic N) is 1. The fourth-order valence-corrected chi connectivity index (χ4v) is 3.78. The second-order valence-electron chi connectivity index (χ2n) is 6.03.